The van der Waals surface area contributed by atoms with Gasteiger partial charge in [-0.1, -0.05) is 0 Å². The molecule has 3 N–H and O–H groups in total. The van der Waals surface area contributed by atoms with Gasteiger partial charge in [-0.25, -0.2) is 4.98 Å². The number of aromatic amines is 1. The molecule has 0 saturated carbocycles. The topological polar surface area (TPSA) is 63.9 Å². The van der Waals surface area contributed by atoms with E-state index < -0.39 is 0 Å². The number of rotatable bonds is 5. The van der Waals surface area contributed by atoms with Crippen LogP contribution < -0.4 is 10.5 Å². The van der Waals surface area contributed by atoms with Crippen molar-refractivity contribution in [3.05, 3.63) is 35.8 Å². The molecule has 0 radical (unpaired) electrons. The molecule has 0 bridgehead atoms. The summed E-state index contributed by atoms with van der Waals surface area (Å²) >= 11 is 0. The highest BCUT2D eigenvalue weighted by Crippen LogP contribution is 2.25. The molecule has 2 rings (SSSR count). The molecule has 1 aromatic carbocycles. The molecule has 19 heavy (non-hydrogen) atoms. The number of nitrogens with two attached hydrogens (primary N) is 1. The normalized spacial score (nSPS) is 11.0. The quantitative estimate of drug-likeness (QED) is 0.867. The first-order chi connectivity index (χ1) is 9.10. The summed E-state index contributed by atoms with van der Waals surface area (Å²) in [6.07, 6.45) is 2.81. The Bertz CT molecular complexity index is 546. The average molecular weight is 259 g/mol. The van der Waals surface area contributed by atoms with Crippen molar-refractivity contribution in [1.82, 2.24) is 9.97 Å². The van der Waals surface area contributed by atoms with Crippen molar-refractivity contribution in [3.63, 3.8) is 0 Å². The first-order valence-corrected chi connectivity index (χ1v) is 6.61. The lowest BCUT2D eigenvalue weighted by atomic mass is 10.1. The third-order valence-corrected chi connectivity index (χ3v) is 2.86. The summed E-state index contributed by atoms with van der Waals surface area (Å²) in [6.45, 7) is 6.72. The molecule has 0 saturated heterocycles. The summed E-state index contributed by atoms with van der Waals surface area (Å²) in [5.41, 5.74) is 8.78. The third kappa shape index (κ3) is 3.35. The van der Waals surface area contributed by atoms with Crippen molar-refractivity contribution in [2.24, 2.45) is 5.73 Å². The molecule has 102 valence electrons. The van der Waals surface area contributed by atoms with Crippen molar-refractivity contribution in [3.8, 4) is 17.0 Å². The van der Waals surface area contributed by atoms with Crippen LogP contribution in [0.1, 0.15) is 25.2 Å². The SMILES string of the molecule is Cc1cc(-c2cnc(CCN)[nH]2)ccc1OC(C)C. The fraction of sp³-hybridized carbons (Fsp3) is 0.400. The van der Waals surface area contributed by atoms with Crippen LogP contribution in [-0.2, 0) is 6.42 Å². The Hall–Kier alpha value is -1.81. The molecule has 0 fully saturated rings. The van der Waals surface area contributed by atoms with E-state index in [4.69, 9.17) is 10.5 Å². The maximum absolute atomic E-state index is 5.74. The minimum Gasteiger partial charge on any atom is -0.491 e. The molecule has 0 aliphatic rings. The summed E-state index contributed by atoms with van der Waals surface area (Å²) in [4.78, 5) is 7.60. The summed E-state index contributed by atoms with van der Waals surface area (Å²) in [6, 6.07) is 6.16. The number of nitrogens with zero attached hydrogens (tertiary/aromatic N) is 1. The molecule has 1 aromatic heterocycles. The van der Waals surface area contributed by atoms with E-state index in [1.54, 1.807) is 0 Å². The van der Waals surface area contributed by atoms with Crippen molar-refractivity contribution < 1.29 is 4.74 Å². The Labute approximate surface area is 114 Å². The van der Waals surface area contributed by atoms with E-state index in [0.29, 0.717) is 6.54 Å². The van der Waals surface area contributed by atoms with Gasteiger partial charge >= 0.3 is 0 Å². The predicted octanol–water partition coefficient (Wildman–Crippen LogP) is 2.67. The predicted molar refractivity (Wildman–Crippen MR) is 77.3 cm³/mol. The number of aryl methyl sites for hydroxylation is 1. The number of ether oxygens (including phenoxy) is 1. The molecule has 0 aliphatic carbocycles. The zero-order valence-corrected chi connectivity index (χ0v) is 11.7. The Morgan fingerprint density at radius 2 is 2.16 bits per heavy atom. The molecule has 0 amide bonds. The van der Waals surface area contributed by atoms with Crippen LogP contribution in [0, 0.1) is 6.92 Å². The number of H-pyrrole nitrogens is 1. The van der Waals surface area contributed by atoms with Gasteiger partial charge in [0.1, 0.15) is 11.6 Å². The highest BCUT2D eigenvalue weighted by molar-refractivity contribution is 5.61. The lowest BCUT2D eigenvalue weighted by Crippen LogP contribution is -2.06. The number of hydrogen-bond donors (Lipinski definition) is 2. The summed E-state index contributed by atoms with van der Waals surface area (Å²) in [5.74, 6) is 1.86. The molecular formula is C15H21N3O. The standard InChI is InChI=1S/C15H21N3O/c1-10(2)19-14-5-4-12(8-11(14)3)13-9-17-15(18-13)6-7-16/h4-5,8-10H,6-7,16H2,1-3H3,(H,17,18). The van der Waals surface area contributed by atoms with Crippen molar-refractivity contribution in [2.75, 3.05) is 6.54 Å². The van der Waals surface area contributed by atoms with Crippen molar-refractivity contribution >= 4 is 0 Å². The minimum atomic E-state index is 0.188. The van der Waals surface area contributed by atoms with E-state index in [0.717, 1.165) is 34.8 Å². The van der Waals surface area contributed by atoms with Crippen molar-refractivity contribution in [2.45, 2.75) is 33.3 Å². The number of aromatic nitrogens is 2. The third-order valence-electron chi connectivity index (χ3n) is 2.86. The van der Waals surface area contributed by atoms with Crippen LogP contribution in [0.15, 0.2) is 24.4 Å². The van der Waals surface area contributed by atoms with Gasteiger partial charge in [-0.15, -0.1) is 0 Å². The number of hydrogen-bond acceptors (Lipinski definition) is 3. The highest BCUT2D eigenvalue weighted by Gasteiger charge is 2.07. The van der Waals surface area contributed by atoms with Crippen LogP contribution in [0.3, 0.4) is 0 Å². The van der Waals surface area contributed by atoms with E-state index in [1.165, 1.54) is 0 Å². The maximum atomic E-state index is 5.74. The van der Waals surface area contributed by atoms with Crippen LogP contribution >= 0.6 is 0 Å². The van der Waals surface area contributed by atoms with Crippen LogP contribution in [0.5, 0.6) is 5.75 Å². The Balaban J connectivity index is 2.22. The summed E-state index contributed by atoms with van der Waals surface area (Å²) in [5, 5.41) is 0. The van der Waals surface area contributed by atoms with E-state index in [9.17, 15) is 0 Å². The first kappa shape index (κ1) is 13.6. The molecule has 0 atom stereocenters. The van der Waals surface area contributed by atoms with Gasteiger partial charge in [0.25, 0.3) is 0 Å². The Morgan fingerprint density at radius 1 is 1.37 bits per heavy atom. The van der Waals surface area contributed by atoms with Gasteiger partial charge in [0.15, 0.2) is 0 Å². The molecular weight excluding hydrogens is 238 g/mol. The van der Waals surface area contributed by atoms with Crippen molar-refractivity contribution in [1.29, 1.82) is 0 Å². The molecule has 4 nitrogen and oxygen atoms in total. The zero-order chi connectivity index (χ0) is 13.8. The molecule has 2 aromatic rings. The molecule has 4 heteroatoms. The van der Waals surface area contributed by atoms with Crippen LogP contribution in [-0.4, -0.2) is 22.6 Å². The summed E-state index contributed by atoms with van der Waals surface area (Å²) < 4.78 is 5.74. The second-order valence-electron chi connectivity index (χ2n) is 4.93. The molecule has 0 aliphatic heterocycles. The number of nitrogens with one attached hydrogen (secondary N) is 1. The van der Waals surface area contributed by atoms with Crippen LogP contribution in [0.25, 0.3) is 11.3 Å². The number of imidazole rings is 1. The van der Waals surface area contributed by atoms with E-state index in [1.807, 2.05) is 32.2 Å². The lowest BCUT2D eigenvalue weighted by Gasteiger charge is -2.13. The zero-order valence-electron chi connectivity index (χ0n) is 11.7. The van der Waals surface area contributed by atoms with E-state index >= 15 is 0 Å². The largest absolute Gasteiger partial charge is 0.491 e. The smallest absolute Gasteiger partial charge is 0.122 e. The second-order valence-corrected chi connectivity index (χ2v) is 4.93. The number of benzene rings is 1. The van der Waals surface area contributed by atoms with Gasteiger partial charge in [-0.2, -0.15) is 0 Å². The Kier molecular flexibility index (Phi) is 4.22. The monoisotopic (exact) mass is 259 g/mol. The van der Waals surface area contributed by atoms with E-state index in [2.05, 4.69) is 23.0 Å². The van der Waals surface area contributed by atoms with Gasteiger partial charge in [-0.3, -0.25) is 0 Å². The van der Waals surface area contributed by atoms with Gasteiger partial charge in [0.2, 0.25) is 0 Å². The van der Waals surface area contributed by atoms with E-state index in [-0.39, 0.29) is 6.10 Å². The fourth-order valence-corrected chi connectivity index (χ4v) is 1.98. The van der Waals surface area contributed by atoms with Crippen LogP contribution in [0.2, 0.25) is 0 Å². The summed E-state index contributed by atoms with van der Waals surface area (Å²) in [7, 11) is 0. The maximum Gasteiger partial charge on any atom is 0.122 e. The molecule has 0 spiro atoms. The molecule has 0 unspecified atom stereocenters. The van der Waals surface area contributed by atoms with Crippen LogP contribution in [0.4, 0.5) is 0 Å². The average Bonchev–Trinajstić information content (AvgIpc) is 2.80. The first-order valence-electron chi connectivity index (χ1n) is 6.61. The van der Waals surface area contributed by atoms with Gasteiger partial charge in [-0.05, 0) is 51.1 Å². The van der Waals surface area contributed by atoms with Gasteiger partial charge < -0.3 is 15.5 Å². The molecule has 1 heterocycles. The highest BCUT2D eigenvalue weighted by atomic mass is 16.5. The Morgan fingerprint density at radius 3 is 2.79 bits per heavy atom. The lowest BCUT2D eigenvalue weighted by molar-refractivity contribution is 0.241. The van der Waals surface area contributed by atoms with Gasteiger partial charge in [0.05, 0.1) is 18.0 Å². The minimum absolute atomic E-state index is 0.188. The van der Waals surface area contributed by atoms with Gasteiger partial charge in [0, 0.05) is 12.0 Å². The fourth-order valence-electron chi connectivity index (χ4n) is 1.98. The second kappa shape index (κ2) is 5.89.